The Labute approximate surface area is 84.4 Å². The second-order valence-electron chi connectivity index (χ2n) is 2.82. The summed E-state index contributed by atoms with van der Waals surface area (Å²) < 4.78 is 0.844. The fraction of sp³-hybridized carbons (Fsp3) is 0. The largest absolute Gasteiger partial charge is 0.397 e. The second kappa shape index (κ2) is 3.13. The number of rotatable bonds is 1. The van der Waals surface area contributed by atoms with E-state index in [0.29, 0.717) is 16.8 Å². The first-order valence-corrected chi connectivity index (χ1v) is 4.81. The van der Waals surface area contributed by atoms with Crippen molar-refractivity contribution in [3.8, 4) is 6.07 Å². The summed E-state index contributed by atoms with van der Waals surface area (Å²) in [5, 5.41) is 11.4. The zero-order valence-electron chi connectivity index (χ0n) is 7.15. The van der Waals surface area contributed by atoms with Gasteiger partial charge in [-0.2, -0.15) is 5.26 Å². The highest BCUT2D eigenvalue weighted by Gasteiger charge is 2.09. The standard InChI is InChI=1S/C10H6N2OS/c11-4-6-3-7(5-13)10-8(9(6)12)1-2-14-10/h1-3,5H,12H2. The Kier molecular flexibility index (Phi) is 1.95. The van der Waals surface area contributed by atoms with Gasteiger partial charge in [-0.1, -0.05) is 0 Å². The first kappa shape index (κ1) is 8.73. The molecule has 0 aliphatic rings. The number of nitrogens with two attached hydrogens (primary N) is 1. The number of thiophene rings is 1. The topological polar surface area (TPSA) is 66.9 Å². The van der Waals surface area contributed by atoms with Crippen LogP contribution in [0.3, 0.4) is 0 Å². The van der Waals surface area contributed by atoms with Crippen molar-refractivity contribution in [2.45, 2.75) is 0 Å². The SMILES string of the molecule is N#Cc1cc(C=O)c2sccc2c1N. The van der Waals surface area contributed by atoms with Gasteiger partial charge in [0.1, 0.15) is 6.07 Å². The van der Waals surface area contributed by atoms with Gasteiger partial charge in [0.15, 0.2) is 6.29 Å². The van der Waals surface area contributed by atoms with E-state index in [2.05, 4.69) is 0 Å². The van der Waals surface area contributed by atoms with Gasteiger partial charge in [0.2, 0.25) is 0 Å². The zero-order valence-corrected chi connectivity index (χ0v) is 7.97. The summed E-state index contributed by atoms with van der Waals surface area (Å²) in [6, 6.07) is 5.32. The minimum absolute atomic E-state index is 0.359. The van der Waals surface area contributed by atoms with E-state index in [-0.39, 0.29) is 0 Å². The minimum atomic E-state index is 0.359. The van der Waals surface area contributed by atoms with Crippen LogP contribution in [0.1, 0.15) is 15.9 Å². The van der Waals surface area contributed by atoms with Gasteiger partial charge in [-0.15, -0.1) is 11.3 Å². The molecule has 0 fully saturated rings. The van der Waals surface area contributed by atoms with Crippen LogP contribution in [0.15, 0.2) is 17.5 Å². The molecule has 4 heteroatoms. The molecule has 0 bridgehead atoms. The van der Waals surface area contributed by atoms with Crippen LogP contribution in [0.5, 0.6) is 0 Å². The van der Waals surface area contributed by atoms with E-state index in [4.69, 9.17) is 11.0 Å². The third-order valence-corrected chi connectivity index (χ3v) is 3.02. The van der Waals surface area contributed by atoms with Crippen molar-refractivity contribution in [1.82, 2.24) is 0 Å². The Morgan fingerprint density at radius 2 is 2.36 bits per heavy atom. The minimum Gasteiger partial charge on any atom is -0.397 e. The number of benzene rings is 1. The van der Waals surface area contributed by atoms with Crippen LogP contribution in [0, 0.1) is 11.3 Å². The Morgan fingerprint density at radius 1 is 1.57 bits per heavy atom. The molecule has 3 nitrogen and oxygen atoms in total. The maximum atomic E-state index is 10.8. The van der Waals surface area contributed by atoms with E-state index >= 15 is 0 Å². The molecule has 2 rings (SSSR count). The molecular formula is C10H6N2OS. The normalized spacial score (nSPS) is 9.93. The molecule has 0 unspecified atom stereocenters. The van der Waals surface area contributed by atoms with Gasteiger partial charge in [0.05, 0.1) is 11.3 Å². The second-order valence-corrected chi connectivity index (χ2v) is 3.74. The molecule has 1 heterocycles. The molecule has 14 heavy (non-hydrogen) atoms. The van der Waals surface area contributed by atoms with Crippen LogP contribution in [0.25, 0.3) is 10.1 Å². The highest BCUT2D eigenvalue weighted by Crippen LogP contribution is 2.31. The van der Waals surface area contributed by atoms with Crippen LogP contribution in [-0.4, -0.2) is 6.29 Å². The van der Waals surface area contributed by atoms with Crippen molar-refractivity contribution in [1.29, 1.82) is 5.26 Å². The van der Waals surface area contributed by atoms with Crippen molar-refractivity contribution >= 4 is 33.4 Å². The van der Waals surface area contributed by atoms with Gasteiger partial charge in [0.25, 0.3) is 0 Å². The molecule has 1 aromatic heterocycles. The first-order chi connectivity index (χ1) is 6.77. The summed E-state index contributed by atoms with van der Waals surface area (Å²) in [6.07, 6.45) is 0.749. The van der Waals surface area contributed by atoms with Crippen molar-refractivity contribution < 1.29 is 4.79 Å². The average Bonchev–Trinajstić information content (AvgIpc) is 2.68. The molecule has 2 aromatic rings. The van der Waals surface area contributed by atoms with Gasteiger partial charge >= 0.3 is 0 Å². The highest BCUT2D eigenvalue weighted by molar-refractivity contribution is 7.17. The van der Waals surface area contributed by atoms with Gasteiger partial charge in [-0.3, -0.25) is 4.79 Å². The first-order valence-electron chi connectivity index (χ1n) is 3.93. The molecule has 2 N–H and O–H groups in total. The molecule has 0 aliphatic carbocycles. The number of anilines is 1. The third-order valence-electron chi connectivity index (χ3n) is 2.06. The van der Waals surface area contributed by atoms with Crippen molar-refractivity contribution in [2.24, 2.45) is 0 Å². The fourth-order valence-corrected chi connectivity index (χ4v) is 2.26. The van der Waals surface area contributed by atoms with Crippen LogP contribution in [0.4, 0.5) is 5.69 Å². The van der Waals surface area contributed by atoms with Gasteiger partial charge in [0, 0.05) is 15.6 Å². The molecule has 0 radical (unpaired) electrons. The van der Waals surface area contributed by atoms with Crippen LogP contribution >= 0.6 is 11.3 Å². The summed E-state index contributed by atoms with van der Waals surface area (Å²) in [7, 11) is 0. The lowest BCUT2D eigenvalue weighted by Crippen LogP contribution is -1.93. The number of carbonyl (C=O) groups is 1. The number of aldehydes is 1. The average molecular weight is 202 g/mol. The van der Waals surface area contributed by atoms with E-state index in [1.54, 1.807) is 0 Å². The molecular weight excluding hydrogens is 196 g/mol. The Balaban J connectivity index is 2.95. The van der Waals surface area contributed by atoms with Gasteiger partial charge < -0.3 is 5.73 Å². The molecule has 0 saturated carbocycles. The van der Waals surface area contributed by atoms with E-state index in [1.807, 2.05) is 17.5 Å². The molecule has 0 spiro atoms. The highest BCUT2D eigenvalue weighted by atomic mass is 32.1. The van der Waals surface area contributed by atoms with Crippen LogP contribution in [0.2, 0.25) is 0 Å². The van der Waals surface area contributed by atoms with Crippen LogP contribution in [-0.2, 0) is 0 Å². The maximum absolute atomic E-state index is 10.8. The lowest BCUT2D eigenvalue weighted by molar-refractivity contribution is 0.112. The molecule has 0 saturated heterocycles. The van der Waals surface area contributed by atoms with Gasteiger partial charge in [-0.25, -0.2) is 0 Å². The predicted molar refractivity (Wildman–Crippen MR) is 56.3 cm³/mol. The summed E-state index contributed by atoms with van der Waals surface area (Å²) in [4.78, 5) is 10.8. The summed E-state index contributed by atoms with van der Waals surface area (Å²) in [6.45, 7) is 0. The molecule has 0 amide bonds. The monoisotopic (exact) mass is 202 g/mol. The van der Waals surface area contributed by atoms with E-state index < -0.39 is 0 Å². The summed E-state index contributed by atoms with van der Waals surface area (Å²) in [5.74, 6) is 0. The lowest BCUT2D eigenvalue weighted by atomic mass is 10.1. The number of nitrogen functional groups attached to an aromatic ring is 1. The number of fused-ring (bicyclic) bond motifs is 1. The lowest BCUT2D eigenvalue weighted by Gasteiger charge is -2.01. The molecule has 1 aromatic carbocycles. The van der Waals surface area contributed by atoms with Crippen molar-refractivity contribution in [3.05, 3.63) is 28.6 Å². The number of carbonyl (C=O) groups excluding carboxylic acids is 1. The van der Waals surface area contributed by atoms with Crippen molar-refractivity contribution in [2.75, 3.05) is 5.73 Å². The number of hydrogen-bond acceptors (Lipinski definition) is 4. The summed E-state index contributed by atoms with van der Waals surface area (Å²) in [5.41, 5.74) is 7.11. The Bertz CT molecular complexity index is 551. The smallest absolute Gasteiger partial charge is 0.151 e. The van der Waals surface area contributed by atoms with E-state index in [1.165, 1.54) is 17.4 Å². The Morgan fingerprint density at radius 3 is 3.00 bits per heavy atom. The van der Waals surface area contributed by atoms with Crippen molar-refractivity contribution in [3.63, 3.8) is 0 Å². The predicted octanol–water partition coefficient (Wildman–Crippen LogP) is 2.17. The Hall–Kier alpha value is -1.86. The van der Waals surface area contributed by atoms with Gasteiger partial charge in [-0.05, 0) is 17.5 Å². The molecule has 68 valence electrons. The number of nitriles is 1. The number of nitrogens with zero attached hydrogens (tertiary/aromatic N) is 1. The zero-order chi connectivity index (χ0) is 10.1. The number of hydrogen-bond donors (Lipinski definition) is 1. The third kappa shape index (κ3) is 1.07. The maximum Gasteiger partial charge on any atom is 0.151 e. The van der Waals surface area contributed by atoms with E-state index in [0.717, 1.165) is 16.4 Å². The van der Waals surface area contributed by atoms with Crippen LogP contribution < -0.4 is 5.73 Å². The molecule has 0 atom stereocenters. The quantitative estimate of drug-likeness (QED) is 0.569. The summed E-state index contributed by atoms with van der Waals surface area (Å²) >= 11 is 1.45. The van der Waals surface area contributed by atoms with E-state index in [9.17, 15) is 4.79 Å². The molecule has 0 aliphatic heterocycles. The fourth-order valence-electron chi connectivity index (χ4n) is 1.37.